The molecular weight excluding hydrogens is 1050 g/mol. The number of aromatic nitrogens is 3. The van der Waals surface area contributed by atoms with E-state index in [4.69, 9.17) is 44.7 Å². The van der Waals surface area contributed by atoms with E-state index in [1.54, 1.807) is 58.0 Å². The standard InChI is InChI=1S/C39H49N6O17P3S4/c1-24(68-66-3)27-10-5-7-13-30(27)39(48)60-31-19-34(59-32(31)21-58-64(52,53)62-65(54,55)61-63(49,50)51)45-20-26(35-36(41)43-23-44-37(35)45)9-8-15-42-33(46)22-56-16-17-57-38(47)29-12-6-4-11-28(29)25(2)69-67-18-14-40/h4-7,10-13,20,23-25,31-32,34H,14-19,21-22,40H2,1-3H3,(H,42,46)(H,52,53)(H,54,55)(H2,41,43,44)(H2,49,50,51)/t24?,25?,31-,32?,34-/m1/s1. The molecule has 1 saturated heterocycles. The second-order valence-corrected chi connectivity index (χ2v) is 24.4. The lowest BCUT2D eigenvalue weighted by Gasteiger charge is -2.22. The van der Waals surface area contributed by atoms with E-state index in [1.165, 1.54) is 38.7 Å². The van der Waals surface area contributed by atoms with Gasteiger partial charge in [0.25, 0.3) is 0 Å². The minimum atomic E-state index is -5.85. The number of carbonyl (C=O) groups is 3. The van der Waals surface area contributed by atoms with Crippen molar-refractivity contribution in [3.05, 3.63) is 88.9 Å². The zero-order valence-electron chi connectivity index (χ0n) is 36.9. The monoisotopic (exact) mass is 1090 g/mol. The Morgan fingerprint density at radius 3 is 2.28 bits per heavy atom. The van der Waals surface area contributed by atoms with Crippen LogP contribution in [-0.2, 0) is 50.6 Å². The molecule has 7 atom stereocenters. The fourth-order valence-corrected chi connectivity index (χ4v) is 13.5. The second kappa shape index (κ2) is 26.3. The van der Waals surface area contributed by atoms with Crippen LogP contribution in [-0.4, -0.2) is 116 Å². The number of anilines is 1. The first-order valence-electron chi connectivity index (χ1n) is 20.3. The largest absolute Gasteiger partial charge is 0.490 e. The maximum atomic E-state index is 13.8. The maximum absolute atomic E-state index is 13.8. The van der Waals surface area contributed by atoms with Gasteiger partial charge >= 0.3 is 35.4 Å². The predicted octanol–water partition coefficient (Wildman–Crippen LogP) is 5.68. The van der Waals surface area contributed by atoms with Gasteiger partial charge in [-0.15, -0.1) is 0 Å². The minimum Gasteiger partial charge on any atom is -0.460 e. The molecule has 0 aliphatic carbocycles. The molecule has 5 unspecified atom stereocenters. The van der Waals surface area contributed by atoms with Crippen LogP contribution in [0.25, 0.3) is 11.0 Å². The van der Waals surface area contributed by atoms with E-state index in [9.17, 15) is 37.9 Å². The summed E-state index contributed by atoms with van der Waals surface area (Å²) in [6, 6.07) is 13.9. The van der Waals surface area contributed by atoms with E-state index in [0.29, 0.717) is 28.6 Å². The summed E-state index contributed by atoms with van der Waals surface area (Å²) in [5, 5.41) is 2.77. The van der Waals surface area contributed by atoms with Crippen LogP contribution in [0.1, 0.15) is 74.4 Å². The van der Waals surface area contributed by atoms with E-state index < -0.39 is 66.4 Å². The molecule has 5 rings (SSSR count). The lowest BCUT2D eigenvalue weighted by Crippen LogP contribution is -2.31. The molecule has 0 spiro atoms. The summed E-state index contributed by atoms with van der Waals surface area (Å²) < 4.78 is 72.8. The number of amides is 1. The summed E-state index contributed by atoms with van der Waals surface area (Å²) in [6.45, 7) is 2.88. The molecule has 1 amide bonds. The van der Waals surface area contributed by atoms with Gasteiger partial charge in [-0.2, -0.15) is 8.62 Å². The van der Waals surface area contributed by atoms with Gasteiger partial charge < -0.3 is 59.9 Å². The molecule has 376 valence electrons. The highest BCUT2D eigenvalue weighted by atomic mass is 33.1. The molecule has 0 bridgehead atoms. The third-order valence-corrected chi connectivity index (χ3v) is 18.2. The van der Waals surface area contributed by atoms with E-state index >= 15 is 0 Å². The molecule has 69 heavy (non-hydrogen) atoms. The highest BCUT2D eigenvalue weighted by Crippen LogP contribution is 2.66. The number of carbonyl (C=O) groups excluding carboxylic acids is 3. The van der Waals surface area contributed by atoms with Crippen molar-refractivity contribution in [2.75, 3.05) is 57.3 Å². The fraction of sp³-hybridized carbons (Fsp3) is 0.410. The number of hydrogen-bond donors (Lipinski definition) is 7. The van der Waals surface area contributed by atoms with Crippen LogP contribution in [0.15, 0.2) is 61.1 Å². The third-order valence-electron chi connectivity index (χ3n) is 9.39. The Balaban J connectivity index is 1.24. The number of nitrogens with zero attached hydrogens (tertiary/aromatic N) is 3. The maximum Gasteiger partial charge on any atom is 0.490 e. The molecule has 1 aliphatic heterocycles. The highest BCUT2D eigenvalue weighted by molar-refractivity contribution is 8.77. The van der Waals surface area contributed by atoms with Crippen LogP contribution in [0, 0.1) is 11.8 Å². The van der Waals surface area contributed by atoms with E-state index in [1.807, 2.05) is 32.2 Å². The smallest absolute Gasteiger partial charge is 0.460 e. The molecule has 2 aromatic carbocycles. The van der Waals surface area contributed by atoms with Gasteiger partial charge in [-0.3, -0.25) is 9.32 Å². The highest BCUT2D eigenvalue weighted by Gasteiger charge is 2.45. The van der Waals surface area contributed by atoms with E-state index in [0.717, 1.165) is 11.3 Å². The SMILES string of the molecule is CSSC(C)c1ccccc1C(=O)O[C@@H]1C[C@H](n2cc(C#CCNC(=O)COCCOC(=O)c3ccccc3C(C)SSCCN)c3c(N)ncnc32)OC1COP(=O)(O)OP(=O)(O)OP(=O)(O)O. The molecule has 2 aromatic heterocycles. The summed E-state index contributed by atoms with van der Waals surface area (Å²) in [7, 11) is -10.9. The van der Waals surface area contributed by atoms with Gasteiger partial charge in [0.1, 0.15) is 49.4 Å². The number of phosphoric acid groups is 3. The minimum absolute atomic E-state index is 0.0151. The number of benzene rings is 2. The molecule has 0 saturated carbocycles. The average Bonchev–Trinajstić information content (AvgIpc) is 3.87. The van der Waals surface area contributed by atoms with Crippen LogP contribution in [0.3, 0.4) is 0 Å². The number of rotatable bonds is 25. The van der Waals surface area contributed by atoms with E-state index in [2.05, 4.69) is 35.7 Å². The lowest BCUT2D eigenvalue weighted by atomic mass is 10.0. The van der Waals surface area contributed by atoms with Gasteiger partial charge in [-0.25, -0.2) is 33.3 Å². The molecule has 4 aromatic rings. The number of hydrogen-bond acceptors (Lipinski definition) is 21. The molecule has 9 N–H and O–H groups in total. The van der Waals surface area contributed by atoms with Crippen molar-refractivity contribution >= 4 is 101 Å². The summed E-state index contributed by atoms with van der Waals surface area (Å²) in [5.41, 5.74) is 14.5. The van der Waals surface area contributed by atoms with Crippen LogP contribution < -0.4 is 16.8 Å². The van der Waals surface area contributed by atoms with Crippen LogP contribution in [0.2, 0.25) is 0 Å². The number of ether oxygens (including phenoxy) is 4. The Morgan fingerprint density at radius 2 is 1.61 bits per heavy atom. The zero-order chi connectivity index (χ0) is 50.4. The number of fused-ring (bicyclic) bond motifs is 1. The van der Waals surface area contributed by atoms with Gasteiger partial charge in [-0.05, 0) is 43.4 Å². The number of nitrogen functional groups attached to an aromatic ring is 1. The van der Waals surface area contributed by atoms with Crippen molar-refractivity contribution in [3.8, 4) is 11.8 Å². The summed E-state index contributed by atoms with van der Waals surface area (Å²) in [4.78, 5) is 85.3. The molecule has 3 heterocycles. The second-order valence-electron chi connectivity index (χ2n) is 14.3. The van der Waals surface area contributed by atoms with Gasteiger partial charge in [0.2, 0.25) is 5.91 Å². The molecule has 1 fully saturated rings. The Bertz CT molecular complexity index is 2650. The summed E-state index contributed by atoms with van der Waals surface area (Å²) in [5.74, 6) is 4.75. The van der Waals surface area contributed by atoms with Crippen LogP contribution >= 0.6 is 66.6 Å². The van der Waals surface area contributed by atoms with Gasteiger partial charge in [0.15, 0.2) is 0 Å². The molecular formula is C39H49N6O17P3S4. The zero-order valence-corrected chi connectivity index (χ0v) is 42.8. The first-order valence-corrected chi connectivity index (χ1v) is 29.9. The van der Waals surface area contributed by atoms with Gasteiger partial charge in [-0.1, -0.05) is 91.4 Å². The molecule has 1 aliphatic rings. The first-order chi connectivity index (χ1) is 32.7. The Kier molecular flexibility index (Phi) is 21.5. The average molecular weight is 1100 g/mol. The van der Waals surface area contributed by atoms with E-state index in [-0.39, 0.29) is 60.3 Å². The lowest BCUT2D eigenvalue weighted by molar-refractivity contribution is -0.125. The first kappa shape index (κ1) is 56.4. The number of phosphoric ester groups is 1. The van der Waals surface area contributed by atoms with Gasteiger partial charge in [0, 0.05) is 35.4 Å². The fourth-order valence-electron chi connectivity index (χ4n) is 6.53. The number of esters is 2. The number of nitrogens with two attached hydrogens (primary N) is 2. The van der Waals surface area contributed by atoms with Crippen LogP contribution in [0.4, 0.5) is 5.82 Å². The summed E-state index contributed by atoms with van der Waals surface area (Å²) >= 11 is 0. The van der Waals surface area contributed by atoms with Crippen molar-refractivity contribution in [2.24, 2.45) is 5.73 Å². The Labute approximate surface area is 411 Å². The summed E-state index contributed by atoms with van der Waals surface area (Å²) in [6.07, 6.45) is 0.760. The Morgan fingerprint density at radius 1 is 0.942 bits per heavy atom. The van der Waals surface area contributed by atoms with Crippen molar-refractivity contribution in [3.63, 3.8) is 0 Å². The van der Waals surface area contributed by atoms with Crippen LogP contribution in [0.5, 0.6) is 0 Å². The number of nitrogens with one attached hydrogen (secondary N) is 1. The van der Waals surface area contributed by atoms with Gasteiger partial charge in [0.05, 0.1) is 41.8 Å². The molecule has 23 nitrogen and oxygen atoms in total. The van der Waals surface area contributed by atoms with Crippen molar-refractivity contribution in [1.29, 1.82) is 0 Å². The topological polar surface area (TPSA) is 343 Å². The Hall–Kier alpha value is -3.48. The van der Waals surface area contributed by atoms with Crippen molar-refractivity contribution < 1.29 is 79.7 Å². The normalized spacial score (nSPS) is 18.6. The van der Waals surface area contributed by atoms with Crippen molar-refractivity contribution in [2.45, 2.75) is 49.2 Å². The molecule has 30 heteroatoms. The third kappa shape index (κ3) is 17.1. The molecule has 0 radical (unpaired) electrons. The van der Waals surface area contributed by atoms with Crippen molar-refractivity contribution in [1.82, 2.24) is 19.9 Å². The predicted molar refractivity (Wildman–Crippen MR) is 260 cm³/mol. The quantitative estimate of drug-likeness (QED) is 0.0138.